The van der Waals surface area contributed by atoms with Crippen molar-refractivity contribution < 1.29 is 5.11 Å². The predicted molar refractivity (Wildman–Crippen MR) is 113 cm³/mol. The van der Waals surface area contributed by atoms with Crippen molar-refractivity contribution in [1.82, 2.24) is 14.5 Å². The second-order valence-corrected chi connectivity index (χ2v) is 7.92. The van der Waals surface area contributed by atoms with E-state index in [1.54, 1.807) is 9.13 Å². The van der Waals surface area contributed by atoms with Crippen molar-refractivity contribution in [2.45, 2.75) is 44.2 Å². The van der Waals surface area contributed by atoms with Gasteiger partial charge in [-0.25, -0.2) is 4.79 Å². The number of hydrogen-bond donors (Lipinski definition) is 2. The molecule has 5 heteroatoms. The van der Waals surface area contributed by atoms with Crippen LogP contribution in [0.5, 0.6) is 0 Å². The summed E-state index contributed by atoms with van der Waals surface area (Å²) in [4.78, 5) is 12.3. The molecule has 148 valence electrons. The normalized spacial score (nSPS) is 19.5. The molecule has 0 amide bonds. The van der Waals surface area contributed by atoms with Crippen LogP contribution in [0.15, 0.2) is 47.3 Å². The summed E-state index contributed by atoms with van der Waals surface area (Å²) in [6.07, 6.45) is 4.33. The number of aromatic nitrogens is 2. The minimum Gasteiger partial charge on any atom is -0.391 e. The number of hydrogen-bond acceptors (Lipinski definition) is 3. The number of benzene rings is 2. The van der Waals surface area contributed by atoms with Gasteiger partial charge >= 0.3 is 5.69 Å². The molecule has 2 N–H and O–H groups in total. The molecule has 0 bridgehead atoms. The summed E-state index contributed by atoms with van der Waals surface area (Å²) >= 11 is 0. The van der Waals surface area contributed by atoms with E-state index in [-0.39, 0.29) is 11.7 Å². The Kier molecular flexibility index (Phi) is 5.38. The van der Waals surface area contributed by atoms with Gasteiger partial charge in [-0.15, -0.1) is 0 Å². The van der Waals surface area contributed by atoms with Gasteiger partial charge in [-0.2, -0.15) is 0 Å². The average molecular weight is 380 g/mol. The summed E-state index contributed by atoms with van der Waals surface area (Å²) in [5.74, 6) is 0. The number of nitrogens with zero attached hydrogens (tertiary/aromatic N) is 2. The van der Waals surface area contributed by atoms with E-state index >= 15 is 0 Å². The molecule has 0 saturated carbocycles. The molecule has 0 radical (unpaired) electrons. The van der Waals surface area contributed by atoms with E-state index in [9.17, 15) is 9.90 Å². The van der Waals surface area contributed by atoms with Gasteiger partial charge in [0.05, 0.1) is 23.2 Å². The number of aliphatic hydroxyl groups is 1. The van der Waals surface area contributed by atoms with Crippen LogP contribution in [0.1, 0.15) is 42.0 Å². The van der Waals surface area contributed by atoms with E-state index in [4.69, 9.17) is 0 Å². The first-order valence-corrected chi connectivity index (χ1v) is 10.2. The van der Waals surface area contributed by atoms with Crippen molar-refractivity contribution in [2.75, 3.05) is 6.54 Å². The highest BCUT2D eigenvalue weighted by atomic mass is 16.3. The lowest BCUT2D eigenvalue weighted by atomic mass is 9.96. The zero-order chi connectivity index (χ0) is 19.7. The lowest BCUT2D eigenvalue weighted by Gasteiger charge is -2.24. The highest BCUT2D eigenvalue weighted by Crippen LogP contribution is 2.32. The minimum absolute atomic E-state index is 0.0110. The third-order valence-corrected chi connectivity index (χ3v) is 6.05. The molecule has 2 atom stereocenters. The Morgan fingerprint density at radius 1 is 1.11 bits per heavy atom. The molecule has 1 aliphatic carbocycles. The highest BCUT2D eigenvalue weighted by Gasteiger charge is 2.27. The van der Waals surface area contributed by atoms with Gasteiger partial charge in [-0.1, -0.05) is 30.3 Å². The van der Waals surface area contributed by atoms with Gasteiger partial charge in [-0.05, 0) is 67.5 Å². The molecule has 0 fully saturated rings. The van der Waals surface area contributed by atoms with Crippen molar-refractivity contribution in [3.05, 3.63) is 69.6 Å². The summed E-state index contributed by atoms with van der Waals surface area (Å²) in [7, 11) is 3.63. The van der Waals surface area contributed by atoms with Crippen LogP contribution in [-0.2, 0) is 26.9 Å². The molecule has 3 aromatic rings. The van der Waals surface area contributed by atoms with E-state index in [0.29, 0.717) is 0 Å². The summed E-state index contributed by atoms with van der Waals surface area (Å²) in [6, 6.07) is 14.7. The van der Waals surface area contributed by atoms with E-state index < -0.39 is 6.10 Å². The molecular weight excluding hydrogens is 350 g/mol. The maximum atomic E-state index is 12.3. The highest BCUT2D eigenvalue weighted by molar-refractivity contribution is 5.78. The third kappa shape index (κ3) is 3.52. The lowest BCUT2D eigenvalue weighted by molar-refractivity contribution is 0.119. The van der Waals surface area contributed by atoms with E-state index in [1.165, 1.54) is 11.1 Å². The quantitative estimate of drug-likeness (QED) is 0.529. The second-order valence-electron chi connectivity index (χ2n) is 7.92. The predicted octanol–water partition coefficient (Wildman–Crippen LogP) is 2.84. The smallest absolute Gasteiger partial charge is 0.328 e. The first-order valence-electron chi connectivity index (χ1n) is 10.2. The largest absolute Gasteiger partial charge is 0.391 e. The topological polar surface area (TPSA) is 59.2 Å². The first-order chi connectivity index (χ1) is 13.6. The SMILES string of the molecule is Cn1c(=O)n(C)c2cc3c(cc21)CCC[C@@H](O)[C@@H]3NCCCc1ccccc1. The molecule has 0 saturated heterocycles. The first kappa shape index (κ1) is 19.0. The standard InChI is InChI=1S/C23H29N3O2/c1-25-19-14-17-11-6-12-21(27)22(18(17)15-20(19)26(2)23(25)28)24-13-7-10-16-8-4-3-5-9-16/h3-5,8-9,14-15,21-22,24,27H,6-7,10-13H2,1-2H3/t21-,22-/m1/s1. The van der Waals surface area contributed by atoms with Crippen LogP contribution in [0.2, 0.25) is 0 Å². The molecule has 0 unspecified atom stereocenters. The molecule has 1 heterocycles. The Labute approximate surface area is 165 Å². The molecular formula is C23H29N3O2. The fraction of sp³-hybridized carbons (Fsp3) is 0.435. The molecule has 4 rings (SSSR count). The van der Waals surface area contributed by atoms with Gasteiger partial charge < -0.3 is 10.4 Å². The Balaban J connectivity index is 1.58. The van der Waals surface area contributed by atoms with Crippen LogP contribution in [-0.4, -0.2) is 26.9 Å². The summed E-state index contributed by atoms with van der Waals surface area (Å²) in [5.41, 5.74) is 5.60. The van der Waals surface area contributed by atoms with Crippen LogP contribution >= 0.6 is 0 Å². The Morgan fingerprint density at radius 3 is 2.57 bits per heavy atom. The molecule has 5 nitrogen and oxygen atoms in total. The third-order valence-electron chi connectivity index (χ3n) is 6.05. The van der Waals surface area contributed by atoms with Crippen molar-refractivity contribution in [3.63, 3.8) is 0 Å². The van der Waals surface area contributed by atoms with Crippen LogP contribution < -0.4 is 11.0 Å². The minimum atomic E-state index is -0.406. The number of fused-ring (bicyclic) bond motifs is 2. The van der Waals surface area contributed by atoms with Gasteiger partial charge in [0.1, 0.15) is 0 Å². The van der Waals surface area contributed by atoms with Crippen molar-refractivity contribution in [1.29, 1.82) is 0 Å². The maximum absolute atomic E-state index is 12.3. The summed E-state index contributed by atoms with van der Waals surface area (Å²) in [6.45, 7) is 0.849. The molecule has 0 spiro atoms. The number of aliphatic hydroxyl groups excluding tert-OH is 1. The maximum Gasteiger partial charge on any atom is 0.328 e. The van der Waals surface area contributed by atoms with Crippen LogP contribution in [0.3, 0.4) is 0 Å². The zero-order valence-electron chi connectivity index (χ0n) is 16.7. The monoisotopic (exact) mass is 379 g/mol. The van der Waals surface area contributed by atoms with Crippen LogP contribution in [0.4, 0.5) is 0 Å². The summed E-state index contributed by atoms with van der Waals surface area (Å²) in [5, 5.41) is 14.4. The van der Waals surface area contributed by atoms with Gasteiger partial charge in [0.15, 0.2) is 0 Å². The molecule has 2 aromatic carbocycles. The molecule has 1 aromatic heterocycles. The molecule has 28 heavy (non-hydrogen) atoms. The molecule has 1 aliphatic rings. The number of rotatable bonds is 5. The Bertz CT molecular complexity index is 1020. The molecule has 0 aliphatic heterocycles. The number of imidazole rings is 1. The van der Waals surface area contributed by atoms with Crippen molar-refractivity contribution >= 4 is 11.0 Å². The Hall–Kier alpha value is -2.37. The fourth-order valence-corrected chi connectivity index (χ4v) is 4.43. The van der Waals surface area contributed by atoms with Crippen LogP contribution in [0, 0.1) is 0 Å². The lowest BCUT2D eigenvalue weighted by Crippen LogP contribution is -2.32. The van der Waals surface area contributed by atoms with Crippen molar-refractivity contribution in [2.24, 2.45) is 14.1 Å². The van der Waals surface area contributed by atoms with Gasteiger partial charge in [0, 0.05) is 14.1 Å². The van der Waals surface area contributed by atoms with Gasteiger partial charge in [0.25, 0.3) is 0 Å². The van der Waals surface area contributed by atoms with Gasteiger partial charge in [0.2, 0.25) is 0 Å². The second kappa shape index (κ2) is 7.94. The van der Waals surface area contributed by atoms with Gasteiger partial charge in [-0.3, -0.25) is 9.13 Å². The van der Waals surface area contributed by atoms with E-state index in [2.05, 4.69) is 41.7 Å². The number of nitrogens with one attached hydrogen (secondary N) is 1. The zero-order valence-corrected chi connectivity index (χ0v) is 16.7. The average Bonchev–Trinajstić information content (AvgIpc) is 2.83. The van der Waals surface area contributed by atoms with Crippen molar-refractivity contribution in [3.8, 4) is 0 Å². The van der Waals surface area contributed by atoms with E-state index in [1.807, 2.05) is 20.2 Å². The fourth-order valence-electron chi connectivity index (χ4n) is 4.43. The van der Waals surface area contributed by atoms with E-state index in [0.717, 1.165) is 55.2 Å². The summed E-state index contributed by atoms with van der Waals surface area (Å²) < 4.78 is 3.40. The number of aryl methyl sites for hydroxylation is 4. The van der Waals surface area contributed by atoms with Crippen LogP contribution in [0.25, 0.3) is 11.0 Å². The Morgan fingerprint density at radius 2 is 1.82 bits per heavy atom.